The average molecular weight is 255 g/mol. The summed E-state index contributed by atoms with van der Waals surface area (Å²) in [5.74, 6) is 1.44. The summed E-state index contributed by atoms with van der Waals surface area (Å²) < 4.78 is 10.8. The van der Waals surface area contributed by atoms with Crippen LogP contribution in [0.4, 0.5) is 5.69 Å². The molecule has 1 aromatic heterocycles. The highest BCUT2D eigenvalue weighted by Crippen LogP contribution is 2.31. The molecule has 0 aliphatic rings. The number of pyridine rings is 1. The van der Waals surface area contributed by atoms with Crippen molar-refractivity contribution in [2.24, 2.45) is 0 Å². The van der Waals surface area contributed by atoms with Gasteiger partial charge in [-0.05, 0) is 30.7 Å². The van der Waals surface area contributed by atoms with Crippen molar-refractivity contribution in [2.75, 3.05) is 12.8 Å². The molecule has 0 aliphatic heterocycles. The van der Waals surface area contributed by atoms with Crippen LogP contribution in [0.15, 0.2) is 30.3 Å². The van der Waals surface area contributed by atoms with Crippen LogP contribution in [0, 0.1) is 18.3 Å². The molecular weight excluding hydrogens is 242 g/mol. The molecule has 0 atom stereocenters. The Labute approximate surface area is 111 Å². The molecule has 0 saturated carbocycles. The zero-order valence-electron chi connectivity index (χ0n) is 10.7. The summed E-state index contributed by atoms with van der Waals surface area (Å²) in [4.78, 5) is 4.02. The van der Waals surface area contributed by atoms with Crippen LogP contribution in [0.25, 0.3) is 0 Å². The van der Waals surface area contributed by atoms with Gasteiger partial charge < -0.3 is 15.2 Å². The van der Waals surface area contributed by atoms with Gasteiger partial charge in [0, 0.05) is 6.07 Å². The molecule has 1 aromatic carbocycles. The molecule has 19 heavy (non-hydrogen) atoms. The maximum absolute atomic E-state index is 8.87. The lowest BCUT2D eigenvalue weighted by molar-refractivity contribution is 0.374. The predicted octanol–water partition coefficient (Wildman–Crippen LogP) is 2.64. The van der Waals surface area contributed by atoms with Crippen LogP contribution < -0.4 is 15.2 Å². The molecule has 0 fully saturated rings. The van der Waals surface area contributed by atoms with Crippen molar-refractivity contribution in [3.63, 3.8) is 0 Å². The minimum Gasteiger partial charge on any atom is -0.493 e. The zero-order chi connectivity index (χ0) is 13.8. The van der Waals surface area contributed by atoms with Gasteiger partial charge in [0.25, 0.3) is 0 Å². The van der Waals surface area contributed by atoms with Gasteiger partial charge in [0.1, 0.15) is 6.07 Å². The number of hydrogen-bond acceptors (Lipinski definition) is 5. The van der Waals surface area contributed by atoms with Crippen molar-refractivity contribution in [3.8, 4) is 23.4 Å². The number of hydrogen-bond donors (Lipinski definition) is 1. The number of nitrogen functional groups attached to an aromatic ring is 1. The van der Waals surface area contributed by atoms with Crippen molar-refractivity contribution in [1.82, 2.24) is 4.98 Å². The first-order chi connectivity index (χ1) is 9.13. The summed E-state index contributed by atoms with van der Waals surface area (Å²) in [6.45, 7) is 1.96. The van der Waals surface area contributed by atoms with E-state index in [1.807, 2.05) is 25.1 Å². The highest BCUT2D eigenvalue weighted by Gasteiger charge is 2.08. The van der Waals surface area contributed by atoms with E-state index in [1.165, 1.54) is 0 Å². The molecule has 96 valence electrons. The van der Waals surface area contributed by atoms with Gasteiger partial charge in [0.05, 0.1) is 12.8 Å². The molecule has 2 aromatic rings. The molecule has 0 aliphatic carbocycles. The SMILES string of the molecule is COc1cc(C)ccc1Oc1ccc(N)c(C#N)n1. The summed E-state index contributed by atoms with van der Waals surface area (Å²) in [5.41, 5.74) is 7.13. The maximum Gasteiger partial charge on any atom is 0.220 e. The fourth-order valence-electron chi connectivity index (χ4n) is 1.57. The third-order valence-corrected chi connectivity index (χ3v) is 2.54. The normalized spacial score (nSPS) is 9.74. The third-order valence-electron chi connectivity index (χ3n) is 2.54. The predicted molar refractivity (Wildman–Crippen MR) is 71.2 cm³/mol. The van der Waals surface area contributed by atoms with Crippen molar-refractivity contribution >= 4 is 5.69 Å². The first-order valence-electron chi connectivity index (χ1n) is 5.63. The number of nitriles is 1. The molecule has 0 spiro atoms. The van der Waals surface area contributed by atoms with Crippen LogP contribution >= 0.6 is 0 Å². The van der Waals surface area contributed by atoms with Gasteiger partial charge in [-0.25, -0.2) is 4.98 Å². The lowest BCUT2D eigenvalue weighted by Gasteiger charge is -2.10. The van der Waals surface area contributed by atoms with Gasteiger partial charge in [-0.3, -0.25) is 0 Å². The molecule has 2 N–H and O–H groups in total. The Morgan fingerprint density at radius 1 is 1.21 bits per heavy atom. The Balaban J connectivity index is 2.34. The first-order valence-corrected chi connectivity index (χ1v) is 5.63. The number of aromatic nitrogens is 1. The number of nitrogens with zero attached hydrogens (tertiary/aromatic N) is 2. The van der Waals surface area contributed by atoms with E-state index in [0.29, 0.717) is 23.1 Å². The Bertz CT molecular complexity index is 648. The van der Waals surface area contributed by atoms with E-state index in [-0.39, 0.29) is 5.69 Å². The molecule has 0 unspecified atom stereocenters. The quantitative estimate of drug-likeness (QED) is 0.911. The summed E-state index contributed by atoms with van der Waals surface area (Å²) in [7, 11) is 1.57. The fourth-order valence-corrected chi connectivity index (χ4v) is 1.57. The summed E-state index contributed by atoms with van der Waals surface area (Å²) in [5, 5.41) is 8.87. The summed E-state index contributed by atoms with van der Waals surface area (Å²) in [6, 6.07) is 10.7. The number of ether oxygens (including phenoxy) is 2. The van der Waals surface area contributed by atoms with Gasteiger partial charge in [-0.15, -0.1) is 0 Å². The second kappa shape index (κ2) is 5.27. The van der Waals surface area contributed by atoms with Crippen LogP contribution in [0.5, 0.6) is 17.4 Å². The Morgan fingerprint density at radius 3 is 2.68 bits per heavy atom. The highest BCUT2D eigenvalue weighted by molar-refractivity contribution is 5.52. The van der Waals surface area contributed by atoms with Gasteiger partial charge in [-0.2, -0.15) is 5.26 Å². The second-order valence-corrected chi connectivity index (χ2v) is 3.96. The number of benzene rings is 1. The standard InChI is InChI=1S/C14H13N3O2/c1-9-3-5-12(13(7-9)18-2)19-14-6-4-10(16)11(8-15)17-14/h3-7H,16H2,1-2H3. The van der Waals surface area contributed by atoms with Crippen LogP contribution in [-0.4, -0.2) is 12.1 Å². The van der Waals surface area contributed by atoms with E-state index < -0.39 is 0 Å². The summed E-state index contributed by atoms with van der Waals surface area (Å²) in [6.07, 6.45) is 0. The Morgan fingerprint density at radius 2 is 2.00 bits per heavy atom. The van der Waals surface area contributed by atoms with E-state index in [2.05, 4.69) is 4.98 Å². The van der Waals surface area contributed by atoms with Crippen LogP contribution in [0.3, 0.4) is 0 Å². The molecule has 1 heterocycles. The van der Waals surface area contributed by atoms with Gasteiger partial charge in [0.2, 0.25) is 5.88 Å². The minimum absolute atomic E-state index is 0.142. The van der Waals surface area contributed by atoms with E-state index >= 15 is 0 Å². The van der Waals surface area contributed by atoms with Gasteiger partial charge >= 0.3 is 0 Å². The highest BCUT2D eigenvalue weighted by atomic mass is 16.5. The molecule has 2 rings (SSSR count). The van der Waals surface area contributed by atoms with E-state index in [9.17, 15) is 0 Å². The van der Waals surface area contributed by atoms with Crippen molar-refractivity contribution in [2.45, 2.75) is 6.92 Å². The largest absolute Gasteiger partial charge is 0.493 e. The van der Waals surface area contributed by atoms with Crippen molar-refractivity contribution < 1.29 is 9.47 Å². The Hall–Kier alpha value is -2.74. The van der Waals surface area contributed by atoms with Crippen LogP contribution in [-0.2, 0) is 0 Å². The molecule has 0 bridgehead atoms. The molecular formula is C14H13N3O2. The fraction of sp³-hybridized carbons (Fsp3) is 0.143. The molecule has 0 radical (unpaired) electrons. The second-order valence-electron chi connectivity index (χ2n) is 3.96. The smallest absolute Gasteiger partial charge is 0.220 e. The number of rotatable bonds is 3. The van der Waals surface area contributed by atoms with Gasteiger partial charge in [-0.1, -0.05) is 6.07 Å². The lowest BCUT2D eigenvalue weighted by atomic mass is 10.2. The van der Waals surface area contributed by atoms with E-state index in [0.717, 1.165) is 5.56 Å². The van der Waals surface area contributed by atoms with Gasteiger partial charge in [0.15, 0.2) is 17.2 Å². The van der Waals surface area contributed by atoms with Crippen LogP contribution in [0.2, 0.25) is 0 Å². The number of anilines is 1. The van der Waals surface area contributed by atoms with Crippen molar-refractivity contribution in [3.05, 3.63) is 41.6 Å². The molecule has 0 amide bonds. The lowest BCUT2D eigenvalue weighted by Crippen LogP contribution is -1.97. The maximum atomic E-state index is 8.87. The molecule has 0 saturated heterocycles. The van der Waals surface area contributed by atoms with E-state index in [1.54, 1.807) is 25.3 Å². The number of aryl methyl sites for hydroxylation is 1. The third kappa shape index (κ3) is 2.75. The molecule has 5 nitrogen and oxygen atoms in total. The Kier molecular flexibility index (Phi) is 3.53. The zero-order valence-corrected chi connectivity index (χ0v) is 10.7. The number of nitrogens with two attached hydrogens (primary N) is 1. The summed E-state index contributed by atoms with van der Waals surface area (Å²) >= 11 is 0. The van der Waals surface area contributed by atoms with Crippen molar-refractivity contribution in [1.29, 1.82) is 5.26 Å². The average Bonchev–Trinajstić information content (AvgIpc) is 2.42. The topological polar surface area (TPSA) is 81.2 Å². The monoisotopic (exact) mass is 255 g/mol. The first kappa shape index (κ1) is 12.7. The minimum atomic E-state index is 0.142. The molecule has 5 heteroatoms. The number of methoxy groups -OCH3 is 1. The van der Waals surface area contributed by atoms with E-state index in [4.69, 9.17) is 20.5 Å². The van der Waals surface area contributed by atoms with Crippen LogP contribution in [0.1, 0.15) is 11.3 Å².